The van der Waals surface area contributed by atoms with Crippen LogP contribution in [-0.2, 0) is 16.1 Å². The van der Waals surface area contributed by atoms with E-state index in [1.54, 1.807) is 0 Å². The number of hydrogen-bond acceptors (Lipinski definition) is 3. The fraction of sp³-hybridized carbons (Fsp3) is 0.176. The monoisotopic (exact) mass is 516 g/mol. The molecule has 5 aromatic rings. The van der Waals surface area contributed by atoms with Gasteiger partial charge in [0.2, 0.25) is 0 Å². The highest BCUT2D eigenvalue weighted by Crippen LogP contribution is 2.28. The molecule has 5 heteroatoms. The first kappa shape index (κ1) is 27.3. The molecule has 0 unspecified atom stereocenters. The van der Waals surface area contributed by atoms with E-state index in [0.29, 0.717) is 5.56 Å². The lowest BCUT2D eigenvalue weighted by Crippen LogP contribution is -2.26. The molecule has 1 heterocycles. The van der Waals surface area contributed by atoms with Crippen LogP contribution >= 0.6 is 0 Å². The molecule has 1 amide bonds. The van der Waals surface area contributed by atoms with E-state index in [-0.39, 0.29) is 18.1 Å². The second-order valence-corrected chi connectivity index (χ2v) is 9.78. The van der Waals surface area contributed by atoms with Gasteiger partial charge in [0, 0.05) is 28.7 Å². The maximum atomic E-state index is 13.1. The SMILES string of the molecule is Cc1ccc([C@H](C)NC(=O)c2ccc3c(c2)c(C)c(C)n3Cc2ccc(-c3ccccc3)cc2)cc1.O=C=O. The van der Waals surface area contributed by atoms with Crippen molar-refractivity contribution < 1.29 is 14.4 Å². The Morgan fingerprint density at radius 1 is 0.821 bits per heavy atom. The Balaban J connectivity index is 0.00000112. The molecule has 0 aliphatic heterocycles. The van der Waals surface area contributed by atoms with Gasteiger partial charge in [-0.1, -0.05) is 84.4 Å². The van der Waals surface area contributed by atoms with Crippen molar-refractivity contribution in [2.45, 2.75) is 40.3 Å². The molecule has 0 aliphatic carbocycles. The van der Waals surface area contributed by atoms with E-state index < -0.39 is 0 Å². The first-order valence-electron chi connectivity index (χ1n) is 12.9. The molecule has 196 valence electrons. The van der Waals surface area contributed by atoms with Gasteiger partial charge in [0.05, 0.1) is 6.04 Å². The average molecular weight is 517 g/mol. The Morgan fingerprint density at radius 3 is 2.08 bits per heavy atom. The summed E-state index contributed by atoms with van der Waals surface area (Å²) in [7, 11) is 0. The van der Waals surface area contributed by atoms with Crippen molar-refractivity contribution in [1.82, 2.24) is 9.88 Å². The lowest BCUT2D eigenvalue weighted by Gasteiger charge is -2.15. The number of nitrogens with one attached hydrogen (secondary N) is 1. The van der Waals surface area contributed by atoms with E-state index >= 15 is 0 Å². The summed E-state index contributed by atoms with van der Waals surface area (Å²) < 4.78 is 2.35. The van der Waals surface area contributed by atoms with Crippen molar-refractivity contribution in [1.29, 1.82) is 0 Å². The van der Waals surface area contributed by atoms with Crippen molar-refractivity contribution in [3.05, 3.63) is 131 Å². The number of hydrogen-bond donors (Lipinski definition) is 1. The number of fused-ring (bicyclic) bond motifs is 1. The van der Waals surface area contributed by atoms with E-state index in [4.69, 9.17) is 9.59 Å². The Hall–Kier alpha value is -4.73. The topological polar surface area (TPSA) is 68.2 Å². The highest BCUT2D eigenvalue weighted by Gasteiger charge is 2.16. The molecule has 0 spiro atoms. The molecular formula is C34H32N2O3. The molecule has 1 N–H and O–H groups in total. The van der Waals surface area contributed by atoms with Crippen molar-refractivity contribution >= 4 is 23.0 Å². The normalized spacial score (nSPS) is 11.3. The maximum Gasteiger partial charge on any atom is 0.373 e. The number of amides is 1. The van der Waals surface area contributed by atoms with Gasteiger partial charge >= 0.3 is 6.15 Å². The van der Waals surface area contributed by atoms with Crippen molar-refractivity contribution in [3.63, 3.8) is 0 Å². The quantitative estimate of drug-likeness (QED) is 0.260. The fourth-order valence-corrected chi connectivity index (χ4v) is 4.83. The van der Waals surface area contributed by atoms with Gasteiger partial charge in [-0.05, 0) is 73.7 Å². The number of benzene rings is 4. The molecule has 39 heavy (non-hydrogen) atoms. The number of carbonyl (C=O) groups excluding carboxylic acids is 3. The largest absolute Gasteiger partial charge is 0.373 e. The molecule has 1 aromatic heterocycles. The second kappa shape index (κ2) is 12.2. The van der Waals surface area contributed by atoms with Gasteiger partial charge in [-0.3, -0.25) is 4.79 Å². The minimum absolute atomic E-state index is 0.0497. The number of carbonyl (C=O) groups is 1. The Bertz CT molecular complexity index is 1610. The zero-order chi connectivity index (χ0) is 27.9. The molecule has 5 nitrogen and oxygen atoms in total. The number of rotatable bonds is 6. The van der Waals surface area contributed by atoms with Crippen LogP contribution in [0.25, 0.3) is 22.0 Å². The number of nitrogens with zero attached hydrogens (tertiary/aromatic N) is 1. The van der Waals surface area contributed by atoms with Crippen LogP contribution in [0.4, 0.5) is 0 Å². The second-order valence-electron chi connectivity index (χ2n) is 9.78. The summed E-state index contributed by atoms with van der Waals surface area (Å²) in [5.74, 6) is -0.0497. The summed E-state index contributed by atoms with van der Waals surface area (Å²) in [6.45, 7) is 9.19. The van der Waals surface area contributed by atoms with E-state index in [1.807, 2.05) is 25.1 Å². The van der Waals surface area contributed by atoms with Gasteiger partial charge in [-0.2, -0.15) is 9.59 Å². The van der Waals surface area contributed by atoms with Crippen LogP contribution in [0.3, 0.4) is 0 Å². The summed E-state index contributed by atoms with van der Waals surface area (Å²) in [4.78, 5) is 29.3. The molecule has 5 rings (SSSR count). The summed E-state index contributed by atoms with van der Waals surface area (Å²) >= 11 is 0. The van der Waals surface area contributed by atoms with Gasteiger partial charge in [0.15, 0.2) is 0 Å². The van der Waals surface area contributed by atoms with E-state index in [1.165, 1.54) is 33.5 Å². The third-order valence-corrected chi connectivity index (χ3v) is 7.23. The van der Waals surface area contributed by atoms with Crippen LogP contribution in [0.1, 0.15) is 51.3 Å². The molecule has 1 atom stereocenters. The minimum Gasteiger partial charge on any atom is -0.346 e. The molecule has 0 saturated heterocycles. The minimum atomic E-state index is -0.0555. The Kier molecular flexibility index (Phi) is 8.55. The predicted molar refractivity (Wildman–Crippen MR) is 154 cm³/mol. The van der Waals surface area contributed by atoms with Gasteiger partial charge < -0.3 is 9.88 Å². The van der Waals surface area contributed by atoms with Gasteiger partial charge in [0.25, 0.3) is 5.91 Å². The average Bonchev–Trinajstić information content (AvgIpc) is 3.19. The van der Waals surface area contributed by atoms with Crippen LogP contribution in [0.5, 0.6) is 0 Å². The van der Waals surface area contributed by atoms with Gasteiger partial charge in [-0.25, -0.2) is 0 Å². The molecule has 0 fully saturated rings. The fourth-order valence-electron chi connectivity index (χ4n) is 4.83. The first-order chi connectivity index (χ1) is 18.8. The predicted octanol–water partition coefficient (Wildman–Crippen LogP) is 7.19. The molecule has 4 aromatic carbocycles. The highest BCUT2D eigenvalue weighted by atomic mass is 16.2. The molecule has 0 saturated carbocycles. The number of aryl methyl sites for hydroxylation is 2. The zero-order valence-corrected chi connectivity index (χ0v) is 22.7. The van der Waals surface area contributed by atoms with Gasteiger partial charge in [0.1, 0.15) is 0 Å². The van der Waals surface area contributed by atoms with Crippen molar-refractivity contribution in [3.8, 4) is 11.1 Å². The Morgan fingerprint density at radius 2 is 1.44 bits per heavy atom. The third kappa shape index (κ3) is 6.23. The van der Waals surface area contributed by atoms with E-state index in [2.05, 4.69) is 110 Å². The van der Waals surface area contributed by atoms with Crippen molar-refractivity contribution in [2.75, 3.05) is 0 Å². The maximum absolute atomic E-state index is 13.1. The summed E-state index contributed by atoms with van der Waals surface area (Å²) in [5.41, 5.74) is 10.3. The molecule has 0 aliphatic rings. The lowest BCUT2D eigenvalue weighted by atomic mass is 10.0. The lowest BCUT2D eigenvalue weighted by molar-refractivity contribution is -0.191. The highest BCUT2D eigenvalue weighted by molar-refractivity contribution is 5.99. The third-order valence-electron chi connectivity index (χ3n) is 7.23. The van der Waals surface area contributed by atoms with Crippen LogP contribution in [0.2, 0.25) is 0 Å². The molecule has 0 bridgehead atoms. The van der Waals surface area contributed by atoms with Crippen molar-refractivity contribution in [2.24, 2.45) is 0 Å². The van der Waals surface area contributed by atoms with Crippen LogP contribution in [0, 0.1) is 20.8 Å². The number of aromatic nitrogens is 1. The summed E-state index contributed by atoms with van der Waals surface area (Å²) in [6, 6.07) is 33.5. The van der Waals surface area contributed by atoms with Crippen LogP contribution < -0.4 is 5.32 Å². The summed E-state index contributed by atoms with van der Waals surface area (Å²) in [6.07, 6.45) is 0.250. The smallest absolute Gasteiger partial charge is 0.346 e. The molecular weight excluding hydrogens is 484 g/mol. The van der Waals surface area contributed by atoms with Gasteiger partial charge in [-0.15, -0.1) is 0 Å². The standard InChI is InChI=1S/C33H32N2O.CO2/c1-22-10-14-27(15-11-22)24(3)34-33(36)30-18-19-32-31(20-30)23(2)25(4)35(32)21-26-12-16-29(17-13-26)28-8-6-5-7-9-28;2-1-3/h5-20,24H,21H2,1-4H3,(H,34,36);/t24-;/m0./s1. The van der Waals surface area contributed by atoms with Crippen LogP contribution in [0.15, 0.2) is 97.1 Å². The Labute approximate surface area is 229 Å². The molecule has 0 radical (unpaired) electrons. The zero-order valence-electron chi connectivity index (χ0n) is 22.7. The summed E-state index contributed by atoms with van der Waals surface area (Å²) in [5, 5.41) is 4.28. The van der Waals surface area contributed by atoms with E-state index in [0.717, 1.165) is 23.0 Å². The first-order valence-corrected chi connectivity index (χ1v) is 12.9. The van der Waals surface area contributed by atoms with Crippen LogP contribution in [-0.4, -0.2) is 16.6 Å². The van der Waals surface area contributed by atoms with E-state index in [9.17, 15) is 4.79 Å².